The van der Waals surface area contributed by atoms with Crippen molar-refractivity contribution in [1.29, 1.82) is 0 Å². The second-order valence-electron chi connectivity index (χ2n) is 4.05. The monoisotopic (exact) mass is 307 g/mol. The summed E-state index contributed by atoms with van der Waals surface area (Å²) in [6.07, 6.45) is 0. The molecule has 0 saturated carbocycles. The Labute approximate surface area is 110 Å². The van der Waals surface area contributed by atoms with Crippen LogP contribution in [0.15, 0.2) is 18.2 Å². The molecular weight excluding hydrogens is 292 g/mol. The van der Waals surface area contributed by atoms with Crippen LogP contribution >= 0.6 is 27.5 Å². The Morgan fingerprint density at radius 2 is 2.12 bits per heavy atom. The Bertz CT molecular complexity index is 346. The molecular formula is C12H16BrClFN. The van der Waals surface area contributed by atoms with Gasteiger partial charge in [0.2, 0.25) is 0 Å². The van der Waals surface area contributed by atoms with Crippen molar-refractivity contribution in [3.8, 4) is 0 Å². The highest BCUT2D eigenvalue weighted by molar-refractivity contribution is 9.09. The number of rotatable bonds is 5. The van der Waals surface area contributed by atoms with Crippen LogP contribution in [0, 0.1) is 11.7 Å². The molecule has 0 aliphatic heterocycles. The highest BCUT2D eigenvalue weighted by Crippen LogP contribution is 2.16. The smallest absolute Gasteiger partial charge is 0.141 e. The van der Waals surface area contributed by atoms with E-state index in [0.29, 0.717) is 18.5 Å². The largest absolute Gasteiger partial charge is 0.310 e. The van der Waals surface area contributed by atoms with Crippen molar-refractivity contribution in [2.75, 3.05) is 5.33 Å². The average Bonchev–Trinajstić information content (AvgIpc) is 2.29. The molecule has 0 spiro atoms. The quantitative estimate of drug-likeness (QED) is 0.811. The van der Waals surface area contributed by atoms with E-state index < -0.39 is 0 Å². The minimum absolute atomic E-state index is 0.181. The molecule has 0 bridgehead atoms. The summed E-state index contributed by atoms with van der Waals surface area (Å²) < 4.78 is 12.9. The lowest BCUT2D eigenvalue weighted by molar-refractivity contribution is 0.433. The van der Waals surface area contributed by atoms with Crippen molar-refractivity contribution in [2.45, 2.75) is 26.4 Å². The van der Waals surface area contributed by atoms with E-state index in [1.54, 1.807) is 12.1 Å². The molecule has 1 aromatic carbocycles. The number of hydrogen-bond donors (Lipinski definition) is 1. The van der Waals surface area contributed by atoms with Crippen LogP contribution in [0.2, 0.25) is 5.02 Å². The summed E-state index contributed by atoms with van der Waals surface area (Å²) >= 11 is 9.16. The Kier molecular flexibility index (Phi) is 5.73. The van der Waals surface area contributed by atoms with Gasteiger partial charge < -0.3 is 5.32 Å². The summed E-state index contributed by atoms with van der Waals surface area (Å²) in [4.78, 5) is 0. The maximum atomic E-state index is 12.9. The molecule has 1 N–H and O–H groups in total. The van der Waals surface area contributed by atoms with Crippen LogP contribution in [0.3, 0.4) is 0 Å². The molecule has 1 nitrogen and oxygen atoms in total. The Hall–Kier alpha value is -0.120. The fraction of sp³-hybridized carbons (Fsp3) is 0.500. The summed E-state index contributed by atoms with van der Waals surface area (Å²) in [5, 5.41) is 4.53. The van der Waals surface area contributed by atoms with Gasteiger partial charge in [-0.15, -0.1) is 0 Å². The standard InChI is InChI=1S/C12H16BrClFN/c1-8(6-13)9(2)16-7-10-3-4-12(15)11(14)5-10/h3-5,8-9,16H,6-7H2,1-2H3. The summed E-state index contributed by atoms with van der Waals surface area (Å²) in [6.45, 7) is 5.01. The zero-order valence-corrected chi connectivity index (χ0v) is 11.8. The van der Waals surface area contributed by atoms with Gasteiger partial charge in [-0.1, -0.05) is 40.5 Å². The molecule has 4 heteroatoms. The highest BCUT2D eigenvalue weighted by Gasteiger charge is 2.10. The van der Waals surface area contributed by atoms with Crippen LogP contribution < -0.4 is 5.32 Å². The van der Waals surface area contributed by atoms with E-state index in [0.717, 1.165) is 10.9 Å². The van der Waals surface area contributed by atoms with E-state index in [1.165, 1.54) is 6.07 Å². The summed E-state index contributed by atoms with van der Waals surface area (Å²) in [5.74, 6) is 0.184. The first kappa shape index (κ1) is 13.9. The fourth-order valence-electron chi connectivity index (χ4n) is 1.26. The van der Waals surface area contributed by atoms with E-state index in [4.69, 9.17) is 11.6 Å². The highest BCUT2D eigenvalue weighted by atomic mass is 79.9. The molecule has 0 radical (unpaired) electrons. The number of nitrogens with one attached hydrogen (secondary N) is 1. The lowest BCUT2D eigenvalue weighted by Gasteiger charge is -2.19. The predicted octanol–water partition coefficient (Wildman–Crippen LogP) is 3.99. The summed E-state index contributed by atoms with van der Waals surface area (Å²) in [5.41, 5.74) is 1.00. The zero-order chi connectivity index (χ0) is 12.1. The van der Waals surface area contributed by atoms with Gasteiger partial charge in [0.1, 0.15) is 5.82 Å². The van der Waals surface area contributed by atoms with Crippen molar-refractivity contribution in [2.24, 2.45) is 5.92 Å². The van der Waals surface area contributed by atoms with Crippen molar-refractivity contribution in [3.63, 3.8) is 0 Å². The van der Waals surface area contributed by atoms with Crippen LogP contribution in [-0.2, 0) is 6.54 Å². The third-order valence-corrected chi connectivity index (χ3v) is 4.02. The maximum absolute atomic E-state index is 12.9. The topological polar surface area (TPSA) is 12.0 Å². The molecule has 16 heavy (non-hydrogen) atoms. The molecule has 0 aliphatic rings. The number of hydrogen-bond acceptors (Lipinski definition) is 1. The van der Waals surface area contributed by atoms with Gasteiger partial charge >= 0.3 is 0 Å². The molecule has 0 heterocycles. The molecule has 0 amide bonds. The lowest BCUT2D eigenvalue weighted by Crippen LogP contribution is -2.32. The Balaban J connectivity index is 2.51. The number of alkyl halides is 1. The first-order valence-corrected chi connectivity index (χ1v) is 6.77. The van der Waals surface area contributed by atoms with Gasteiger partial charge in [0.15, 0.2) is 0 Å². The van der Waals surface area contributed by atoms with Gasteiger partial charge in [0.25, 0.3) is 0 Å². The van der Waals surface area contributed by atoms with Crippen LogP contribution in [-0.4, -0.2) is 11.4 Å². The molecule has 1 rings (SSSR count). The first-order chi connectivity index (χ1) is 7.54. The van der Waals surface area contributed by atoms with Gasteiger partial charge in [0.05, 0.1) is 5.02 Å². The van der Waals surface area contributed by atoms with Crippen molar-refractivity contribution < 1.29 is 4.39 Å². The molecule has 90 valence electrons. The fourth-order valence-corrected chi connectivity index (χ4v) is 2.03. The maximum Gasteiger partial charge on any atom is 0.141 e. The summed E-state index contributed by atoms with van der Waals surface area (Å²) in [7, 11) is 0. The number of halogens is 3. The van der Waals surface area contributed by atoms with Crippen LogP contribution in [0.5, 0.6) is 0 Å². The molecule has 0 aromatic heterocycles. The zero-order valence-electron chi connectivity index (χ0n) is 9.43. The molecule has 1 aromatic rings. The molecule has 0 saturated heterocycles. The SMILES string of the molecule is CC(CBr)C(C)NCc1ccc(F)c(Cl)c1. The third-order valence-electron chi connectivity index (χ3n) is 2.71. The van der Waals surface area contributed by atoms with Gasteiger partial charge in [-0.25, -0.2) is 4.39 Å². The van der Waals surface area contributed by atoms with Gasteiger partial charge in [-0.05, 0) is 30.5 Å². The van der Waals surface area contributed by atoms with E-state index in [9.17, 15) is 4.39 Å². The van der Waals surface area contributed by atoms with E-state index >= 15 is 0 Å². The lowest BCUT2D eigenvalue weighted by atomic mass is 10.1. The average molecular weight is 309 g/mol. The predicted molar refractivity (Wildman–Crippen MR) is 70.7 cm³/mol. The van der Waals surface area contributed by atoms with Crippen LogP contribution in [0.4, 0.5) is 4.39 Å². The molecule has 0 fully saturated rings. The van der Waals surface area contributed by atoms with E-state index in [1.807, 2.05) is 0 Å². The minimum atomic E-state index is -0.368. The molecule has 2 atom stereocenters. The van der Waals surface area contributed by atoms with E-state index in [2.05, 4.69) is 35.1 Å². The van der Waals surface area contributed by atoms with Crippen molar-refractivity contribution >= 4 is 27.5 Å². The Morgan fingerprint density at radius 3 is 2.69 bits per heavy atom. The van der Waals surface area contributed by atoms with E-state index in [-0.39, 0.29) is 10.8 Å². The van der Waals surface area contributed by atoms with Gasteiger partial charge in [-0.2, -0.15) is 0 Å². The van der Waals surface area contributed by atoms with Crippen LogP contribution in [0.25, 0.3) is 0 Å². The molecule has 2 unspecified atom stereocenters. The minimum Gasteiger partial charge on any atom is -0.310 e. The number of benzene rings is 1. The van der Waals surface area contributed by atoms with Crippen molar-refractivity contribution in [1.82, 2.24) is 5.32 Å². The van der Waals surface area contributed by atoms with Gasteiger partial charge in [-0.3, -0.25) is 0 Å². The van der Waals surface area contributed by atoms with Gasteiger partial charge in [0, 0.05) is 17.9 Å². The Morgan fingerprint density at radius 1 is 1.44 bits per heavy atom. The second-order valence-corrected chi connectivity index (χ2v) is 5.10. The first-order valence-electron chi connectivity index (χ1n) is 5.28. The summed E-state index contributed by atoms with van der Waals surface area (Å²) in [6, 6.07) is 5.22. The normalized spacial score (nSPS) is 14.8. The van der Waals surface area contributed by atoms with Crippen molar-refractivity contribution in [3.05, 3.63) is 34.6 Å². The van der Waals surface area contributed by atoms with Crippen LogP contribution in [0.1, 0.15) is 19.4 Å². The second kappa shape index (κ2) is 6.58. The third kappa shape index (κ3) is 4.04. The molecule has 0 aliphatic carbocycles.